The molecule has 4 aromatic rings. The number of amides is 1. The van der Waals surface area contributed by atoms with Crippen molar-refractivity contribution < 1.29 is 13.7 Å². The third-order valence-electron chi connectivity index (χ3n) is 4.83. The first kappa shape index (κ1) is 16.5. The van der Waals surface area contributed by atoms with Crippen molar-refractivity contribution in [3.63, 3.8) is 0 Å². The number of aromatic nitrogens is 4. The summed E-state index contributed by atoms with van der Waals surface area (Å²) >= 11 is 0. The van der Waals surface area contributed by atoms with Crippen molar-refractivity contribution in [3.8, 4) is 22.8 Å². The van der Waals surface area contributed by atoms with Gasteiger partial charge in [-0.3, -0.25) is 9.89 Å². The van der Waals surface area contributed by atoms with E-state index in [1.807, 2.05) is 48.5 Å². The highest BCUT2D eigenvalue weighted by atomic mass is 16.5. The molecule has 8 nitrogen and oxygen atoms in total. The molecule has 0 spiro atoms. The van der Waals surface area contributed by atoms with Crippen LogP contribution in [0.1, 0.15) is 23.9 Å². The highest BCUT2D eigenvalue weighted by Crippen LogP contribution is 2.29. The molecule has 1 aliphatic heterocycles. The van der Waals surface area contributed by atoms with Crippen molar-refractivity contribution >= 4 is 5.91 Å². The average molecular weight is 375 g/mol. The van der Waals surface area contributed by atoms with Crippen molar-refractivity contribution in [2.75, 3.05) is 6.54 Å². The van der Waals surface area contributed by atoms with Crippen LogP contribution in [0.4, 0.5) is 0 Å². The lowest BCUT2D eigenvalue weighted by molar-refractivity contribution is -0.128. The predicted molar refractivity (Wildman–Crippen MR) is 98.8 cm³/mol. The number of benzene rings is 1. The number of nitrogens with one attached hydrogen (secondary N) is 1. The molecule has 0 bridgehead atoms. The van der Waals surface area contributed by atoms with Gasteiger partial charge in [-0.2, -0.15) is 10.1 Å². The average Bonchev–Trinajstić information content (AvgIpc) is 3.51. The molecule has 0 radical (unpaired) electrons. The minimum absolute atomic E-state index is 0.0562. The van der Waals surface area contributed by atoms with E-state index in [9.17, 15) is 4.79 Å². The first-order valence-electron chi connectivity index (χ1n) is 9.01. The Morgan fingerprint density at radius 3 is 2.89 bits per heavy atom. The molecule has 1 atom stereocenters. The highest BCUT2D eigenvalue weighted by Gasteiger charge is 2.34. The maximum absolute atomic E-state index is 12.3. The zero-order valence-corrected chi connectivity index (χ0v) is 14.9. The van der Waals surface area contributed by atoms with Gasteiger partial charge in [-0.25, -0.2) is 0 Å². The molecular formula is C20H17N5O3. The Bertz CT molecular complexity index is 1080. The summed E-state index contributed by atoms with van der Waals surface area (Å²) in [5.41, 5.74) is 2.45. The van der Waals surface area contributed by atoms with E-state index in [0.717, 1.165) is 17.0 Å². The fraction of sp³-hybridized carbons (Fsp3) is 0.200. The first-order valence-corrected chi connectivity index (χ1v) is 9.01. The van der Waals surface area contributed by atoms with Gasteiger partial charge in [-0.15, -0.1) is 0 Å². The molecule has 140 valence electrons. The van der Waals surface area contributed by atoms with Crippen LogP contribution < -0.4 is 0 Å². The van der Waals surface area contributed by atoms with Crippen molar-refractivity contribution in [2.45, 2.75) is 18.9 Å². The zero-order chi connectivity index (χ0) is 18.9. The quantitative estimate of drug-likeness (QED) is 0.575. The summed E-state index contributed by atoms with van der Waals surface area (Å²) in [6.07, 6.45) is 1.96. The van der Waals surface area contributed by atoms with E-state index in [0.29, 0.717) is 36.9 Å². The maximum atomic E-state index is 12.3. The number of H-pyrrole nitrogens is 1. The van der Waals surface area contributed by atoms with Crippen molar-refractivity contribution in [3.05, 3.63) is 66.4 Å². The van der Waals surface area contributed by atoms with E-state index in [1.165, 1.54) is 0 Å². The fourth-order valence-electron chi connectivity index (χ4n) is 3.39. The number of hydrogen-bond donors (Lipinski definition) is 1. The minimum atomic E-state index is -0.100. The molecule has 1 aliphatic rings. The lowest BCUT2D eigenvalue weighted by atomic mass is 10.1. The van der Waals surface area contributed by atoms with Gasteiger partial charge in [-0.1, -0.05) is 35.5 Å². The summed E-state index contributed by atoms with van der Waals surface area (Å²) in [4.78, 5) is 18.5. The molecule has 1 N–H and O–H groups in total. The number of hydrogen-bond acceptors (Lipinski definition) is 6. The summed E-state index contributed by atoms with van der Waals surface area (Å²) in [6.45, 7) is 0.991. The Balaban J connectivity index is 1.31. The number of carbonyl (C=O) groups excluding carboxylic acids is 1. The van der Waals surface area contributed by atoms with E-state index < -0.39 is 0 Å². The van der Waals surface area contributed by atoms with Crippen LogP contribution in [0, 0.1) is 0 Å². The van der Waals surface area contributed by atoms with Gasteiger partial charge >= 0.3 is 0 Å². The zero-order valence-electron chi connectivity index (χ0n) is 14.9. The van der Waals surface area contributed by atoms with Crippen LogP contribution in [0.25, 0.3) is 22.8 Å². The number of carbonyl (C=O) groups is 1. The normalized spacial score (nSPS) is 16.8. The van der Waals surface area contributed by atoms with Crippen LogP contribution in [-0.2, 0) is 11.3 Å². The first-order chi connectivity index (χ1) is 13.8. The molecule has 28 heavy (non-hydrogen) atoms. The second kappa shape index (κ2) is 6.80. The van der Waals surface area contributed by atoms with Crippen LogP contribution in [0.5, 0.6) is 0 Å². The summed E-state index contributed by atoms with van der Waals surface area (Å²) in [5.74, 6) is 1.61. The molecule has 1 fully saturated rings. The molecule has 8 heteroatoms. The van der Waals surface area contributed by atoms with Crippen LogP contribution in [0.3, 0.4) is 0 Å². The molecule has 1 aromatic carbocycles. The van der Waals surface area contributed by atoms with Crippen LogP contribution >= 0.6 is 0 Å². The summed E-state index contributed by atoms with van der Waals surface area (Å²) < 4.78 is 10.7. The predicted octanol–water partition coefficient (Wildman–Crippen LogP) is 3.24. The van der Waals surface area contributed by atoms with Gasteiger partial charge in [0.1, 0.15) is 11.5 Å². The minimum Gasteiger partial charge on any atom is -0.467 e. The largest absolute Gasteiger partial charge is 0.467 e. The molecule has 0 saturated carbocycles. The third kappa shape index (κ3) is 3.09. The second-order valence-electron chi connectivity index (χ2n) is 6.75. The van der Waals surface area contributed by atoms with E-state index in [-0.39, 0.29) is 11.8 Å². The van der Waals surface area contributed by atoms with E-state index >= 15 is 0 Å². The van der Waals surface area contributed by atoms with E-state index in [1.54, 1.807) is 11.2 Å². The van der Waals surface area contributed by atoms with Crippen LogP contribution in [0.2, 0.25) is 0 Å². The molecule has 1 unspecified atom stereocenters. The van der Waals surface area contributed by atoms with Gasteiger partial charge < -0.3 is 13.8 Å². The Kier molecular flexibility index (Phi) is 4.01. The standard InChI is InChI=1S/C20H17N5O3/c26-18-9-14(11-25(18)12-15-7-4-8-27-15)19-21-20(28-24-19)17-10-16(22-23-17)13-5-2-1-3-6-13/h1-8,10,14H,9,11-12H2,(H,22,23). The molecule has 1 amide bonds. The molecular weight excluding hydrogens is 358 g/mol. The van der Waals surface area contributed by atoms with Gasteiger partial charge in [0.05, 0.1) is 18.5 Å². The van der Waals surface area contributed by atoms with Crippen molar-refractivity contribution in [1.29, 1.82) is 0 Å². The molecule has 3 aromatic heterocycles. The maximum Gasteiger partial charge on any atom is 0.275 e. The summed E-state index contributed by atoms with van der Waals surface area (Å²) in [7, 11) is 0. The molecule has 5 rings (SSSR count). The monoisotopic (exact) mass is 375 g/mol. The van der Waals surface area contributed by atoms with Gasteiger partial charge in [0.2, 0.25) is 5.91 Å². The lowest BCUT2D eigenvalue weighted by Crippen LogP contribution is -2.24. The number of aromatic amines is 1. The van der Waals surface area contributed by atoms with Crippen molar-refractivity contribution in [1.82, 2.24) is 25.2 Å². The number of nitrogens with zero attached hydrogens (tertiary/aromatic N) is 4. The van der Waals surface area contributed by atoms with E-state index in [2.05, 4.69) is 20.3 Å². The third-order valence-corrected chi connectivity index (χ3v) is 4.83. The Morgan fingerprint density at radius 1 is 1.18 bits per heavy atom. The Labute approximate surface area is 160 Å². The van der Waals surface area contributed by atoms with Crippen molar-refractivity contribution in [2.24, 2.45) is 0 Å². The van der Waals surface area contributed by atoms with Gasteiger partial charge in [0.15, 0.2) is 5.82 Å². The Morgan fingerprint density at radius 2 is 2.07 bits per heavy atom. The van der Waals surface area contributed by atoms with Gasteiger partial charge in [-0.05, 0) is 18.2 Å². The summed E-state index contributed by atoms with van der Waals surface area (Å²) in [5, 5.41) is 11.3. The van der Waals surface area contributed by atoms with Crippen LogP contribution in [-0.4, -0.2) is 37.7 Å². The fourth-order valence-corrected chi connectivity index (χ4v) is 3.39. The Hall–Kier alpha value is -3.68. The molecule has 4 heterocycles. The SMILES string of the molecule is O=C1CC(c2noc(-c3cc(-c4ccccc4)n[nH]3)n2)CN1Cc1ccco1. The lowest BCUT2D eigenvalue weighted by Gasteiger charge is -2.13. The number of likely N-dealkylation sites (tertiary alicyclic amines) is 1. The van der Waals surface area contributed by atoms with Gasteiger partial charge in [0.25, 0.3) is 5.89 Å². The number of rotatable bonds is 5. The smallest absolute Gasteiger partial charge is 0.275 e. The number of furan rings is 1. The molecule has 1 saturated heterocycles. The summed E-state index contributed by atoms with van der Waals surface area (Å²) in [6, 6.07) is 15.4. The van der Waals surface area contributed by atoms with E-state index in [4.69, 9.17) is 8.94 Å². The van der Waals surface area contributed by atoms with Gasteiger partial charge in [0, 0.05) is 24.4 Å². The van der Waals surface area contributed by atoms with Crippen LogP contribution in [0.15, 0.2) is 63.7 Å². The topological polar surface area (TPSA) is 101 Å². The molecule has 0 aliphatic carbocycles. The highest BCUT2D eigenvalue weighted by molar-refractivity contribution is 5.79. The second-order valence-corrected chi connectivity index (χ2v) is 6.75.